The van der Waals surface area contributed by atoms with Gasteiger partial charge in [0.05, 0.1) is 6.42 Å². The molecule has 0 bridgehead atoms. The number of amides is 2. The minimum Gasteiger partial charge on any atom is -0.345 e. The maximum absolute atomic E-state index is 12.2. The summed E-state index contributed by atoms with van der Waals surface area (Å²) in [5.74, 6) is -0.525. The molecule has 0 atom stereocenters. The second-order valence-electron chi connectivity index (χ2n) is 6.27. The molecule has 1 saturated carbocycles. The Bertz CT molecular complexity index is 706. The van der Waals surface area contributed by atoms with E-state index in [1.54, 1.807) is 12.1 Å². The summed E-state index contributed by atoms with van der Waals surface area (Å²) >= 11 is 0. The van der Waals surface area contributed by atoms with Gasteiger partial charge in [0.1, 0.15) is 0 Å². The Kier molecular flexibility index (Phi) is 5.77. The van der Waals surface area contributed by atoms with E-state index in [-0.39, 0.29) is 36.0 Å². The predicted octanol–water partition coefficient (Wildman–Crippen LogP) is 2.70. The summed E-state index contributed by atoms with van der Waals surface area (Å²) in [6.45, 7) is 0. The molecule has 0 aliphatic heterocycles. The van der Waals surface area contributed by atoms with Crippen LogP contribution in [0.5, 0.6) is 0 Å². The highest BCUT2D eigenvalue weighted by Crippen LogP contribution is 2.17. The topological polar surface area (TPSA) is 97.1 Å². The quantitative estimate of drug-likeness (QED) is 0.814. The van der Waals surface area contributed by atoms with Gasteiger partial charge in [-0.15, -0.1) is 0 Å². The highest BCUT2D eigenvalue weighted by atomic mass is 16.5. The second kappa shape index (κ2) is 8.41. The lowest BCUT2D eigenvalue weighted by Gasteiger charge is -2.14. The van der Waals surface area contributed by atoms with Crippen molar-refractivity contribution in [1.82, 2.24) is 15.5 Å². The van der Waals surface area contributed by atoms with Crippen molar-refractivity contribution in [2.24, 2.45) is 0 Å². The van der Waals surface area contributed by atoms with Crippen LogP contribution < -0.4 is 10.6 Å². The van der Waals surface area contributed by atoms with Gasteiger partial charge in [0.25, 0.3) is 0 Å². The van der Waals surface area contributed by atoms with Crippen molar-refractivity contribution in [3.63, 3.8) is 0 Å². The first-order valence-electron chi connectivity index (χ1n) is 8.69. The van der Waals surface area contributed by atoms with Crippen molar-refractivity contribution in [2.75, 3.05) is 5.32 Å². The van der Waals surface area contributed by atoms with Gasteiger partial charge in [0.2, 0.25) is 5.91 Å². The highest BCUT2D eigenvalue weighted by molar-refractivity contribution is 5.92. The fraction of sp³-hybridized carbons (Fsp3) is 0.444. The van der Waals surface area contributed by atoms with Crippen LogP contribution in [0.1, 0.15) is 55.0 Å². The summed E-state index contributed by atoms with van der Waals surface area (Å²) in [7, 11) is 0. The number of benzene rings is 1. The summed E-state index contributed by atoms with van der Waals surface area (Å²) in [5.41, 5.74) is 0.697. The molecule has 1 heterocycles. The largest absolute Gasteiger partial charge is 0.345 e. The molecule has 0 saturated heterocycles. The van der Waals surface area contributed by atoms with E-state index < -0.39 is 0 Å². The third-order valence-corrected chi connectivity index (χ3v) is 4.23. The molecule has 7 heteroatoms. The summed E-state index contributed by atoms with van der Waals surface area (Å²) in [6.07, 6.45) is 6.59. The zero-order valence-corrected chi connectivity index (χ0v) is 14.0. The van der Waals surface area contributed by atoms with Gasteiger partial charge in [-0.25, -0.2) is 0 Å². The number of nitrogens with zero attached hydrogens (tertiary/aromatic N) is 2. The molecule has 7 nitrogen and oxygen atoms in total. The van der Waals surface area contributed by atoms with E-state index in [2.05, 4.69) is 20.8 Å². The number of anilines is 1. The van der Waals surface area contributed by atoms with E-state index in [1.165, 1.54) is 12.8 Å². The van der Waals surface area contributed by atoms with E-state index in [0.717, 1.165) is 25.7 Å². The molecule has 2 amide bonds. The summed E-state index contributed by atoms with van der Waals surface area (Å²) in [5, 5.41) is 9.41. The van der Waals surface area contributed by atoms with Gasteiger partial charge in [0.15, 0.2) is 5.82 Å². The van der Waals surface area contributed by atoms with Gasteiger partial charge in [-0.3, -0.25) is 9.59 Å². The van der Waals surface area contributed by atoms with Crippen LogP contribution in [0.15, 0.2) is 34.9 Å². The lowest BCUT2D eigenvalue weighted by atomic mass is 10.1. The van der Waals surface area contributed by atoms with Gasteiger partial charge in [-0.1, -0.05) is 49.0 Å². The third kappa shape index (κ3) is 5.14. The second-order valence-corrected chi connectivity index (χ2v) is 6.27. The molecule has 2 N–H and O–H groups in total. The van der Waals surface area contributed by atoms with Gasteiger partial charge in [0, 0.05) is 11.7 Å². The lowest BCUT2D eigenvalue weighted by Crippen LogP contribution is -2.34. The molecule has 1 aromatic heterocycles. The summed E-state index contributed by atoms with van der Waals surface area (Å²) in [4.78, 5) is 28.2. The fourth-order valence-electron chi connectivity index (χ4n) is 2.96. The van der Waals surface area contributed by atoms with E-state index in [9.17, 15) is 9.59 Å². The lowest BCUT2D eigenvalue weighted by molar-refractivity contribution is -0.115. The first kappa shape index (κ1) is 17.1. The third-order valence-electron chi connectivity index (χ3n) is 4.23. The zero-order chi connectivity index (χ0) is 17.5. The van der Waals surface area contributed by atoms with Crippen molar-refractivity contribution in [1.29, 1.82) is 0 Å². The monoisotopic (exact) mass is 342 g/mol. The van der Waals surface area contributed by atoms with Crippen molar-refractivity contribution in [3.05, 3.63) is 42.0 Å². The molecule has 0 unspecified atom stereocenters. The van der Waals surface area contributed by atoms with Crippen LogP contribution in [0.4, 0.5) is 5.69 Å². The highest BCUT2D eigenvalue weighted by Gasteiger charge is 2.21. The molecule has 1 aliphatic rings. The van der Waals surface area contributed by atoms with Gasteiger partial charge >= 0.3 is 11.8 Å². The molecular formula is C18H22N4O3. The predicted molar refractivity (Wildman–Crippen MR) is 92.0 cm³/mol. The normalized spacial score (nSPS) is 15.4. The van der Waals surface area contributed by atoms with Crippen molar-refractivity contribution in [2.45, 2.75) is 51.0 Å². The Morgan fingerprint density at radius 1 is 1.08 bits per heavy atom. The van der Waals surface area contributed by atoms with E-state index in [4.69, 9.17) is 4.52 Å². The number of nitrogens with one attached hydrogen (secondary N) is 2. The molecule has 3 rings (SSSR count). The van der Waals surface area contributed by atoms with Crippen LogP contribution in [0.2, 0.25) is 0 Å². The van der Waals surface area contributed by atoms with Gasteiger partial charge in [-0.2, -0.15) is 4.98 Å². The average molecular weight is 342 g/mol. The Hall–Kier alpha value is -2.70. The van der Waals surface area contributed by atoms with Crippen LogP contribution in [0.3, 0.4) is 0 Å². The Balaban J connectivity index is 1.52. The van der Waals surface area contributed by atoms with E-state index in [0.29, 0.717) is 5.69 Å². The molecule has 1 fully saturated rings. The number of rotatable bonds is 5. The maximum Gasteiger partial charge on any atom is 0.315 e. The van der Waals surface area contributed by atoms with Crippen LogP contribution >= 0.6 is 0 Å². The molecule has 0 spiro atoms. The first-order chi connectivity index (χ1) is 12.2. The fourth-order valence-corrected chi connectivity index (χ4v) is 2.96. The smallest absolute Gasteiger partial charge is 0.315 e. The summed E-state index contributed by atoms with van der Waals surface area (Å²) in [6, 6.07) is 9.28. The van der Waals surface area contributed by atoms with Crippen molar-refractivity contribution >= 4 is 17.5 Å². The molecule has 1 aliphatic carbocycles. The molecule has 0 radical (unpaired) electrons. The van der Waals surface area contributed by atoms with Crippen LogP contribution in [0.25, 0.3) is 0 Å². The maximum atomic E-state index is 12.2. The van der Waals surface area contributed by atoms with Crippen molar-refractivity contribution < 1.29 is 14.1 Å². The Morgan fingerprint density at radius 2 is 1.80 bits per heavy atom. The van der Waals surface area contributed by atoms with E-state index in [1.807, 2.05) is 18.2 Å². The van der Waals surface area contributed by atoms with Gasteiger partial charge < -0.3 is 15.2 Å². The first-order valence-corrected chi connectivity index (χ1v) is 8.69. The standard InChI is InChI=1S/C18H22N4O3/c23-16(19-13-8-6-3-7-9-13)12-15-21-18(25-22-15)17(24)20-14-10-4-1-2-5-11-14/h3,6-9,14H,1-2,4-5,10-12H2,(H,19,23)(H,20,24). The minimum atomic E-state index is -0.367. The van der Waals surface area contributed by atoms with Crippen LogP contribution in [0, 0.1) is 0 Å². The number of aromatic nitrogens is 2. The SMILES string of the molecule is O=C(Cc1noc(C(=O)NC2CCCCCC2)n1)Nc1ccccc1. The van der Waals surface area contributed by atoms with Crippen LogP contribution in [-0.2, 0) is 11.2 Å². The summed E-state index contributed by atoms with van der Waals surface area (Å²) < 4.78 is 5.00. The van der Waals surface area contributed by atoms with Gasteiger partial charge in [-0.05, 0) is 25.0 Å². The molecule has 2 aromatic rings. The minimum absolute atomic E-state index is 0.0465. The number of carbonyl (C=O) groups excluding carboxylic acids is 2. The van der Waals surface area contributed by atoms with E-state index >= 15 is 0 Å². The Labute approximate surface area is 146 Å². The van der Waals surface area contributed by atoms with Crippen molar-refractivity contribution in [3.8, 4) is 0 Å². The average Bonchev–Trinajstić information content (AvgIpc) is 2.92. The molecular weight excluding hydrogens is 320 g/mol. The number of hydrogen-bond acceptors (Lipinski definition) is 5. The zero-order valence-electron chi connectivity index (χ0n) is 14.0. The molecule has 132 valence electrons. The number of para-hydroxylation sites is 1. The molecule has 1 aromatic carbocycles. The van der Waals surface area contributed by atoms with Crippen LogP contribution in [-0.4, -0.2) is 28.0 Å². The Morgan fingerprint density at radius 3 is 2.52 bits per heavy atom. The number of carbonyl (C=O) groups is 2. The molecule has 25 heavy (non-hydrogen) atoms. The number of hydrogen-bond donors (Lipinski definition) is 2.